The highest BCUT2D eigenvalue weighted by molar-refractivity contribution is 8.00. The molecule has 1 amide bonds. The molecule has 106 valence electrons. The summed E-state index contributed by atoms with van der Waals surface area (Å²) in [5.41, 5.74) is 1.85. The Bertz CT molecular complexity index is 620. The third-order valence-electron chi connectivity index (χ3n) is 3.44. The number of benzene rings is 1. The first kappa shape index (κ1) is 13.9. The number of carbonyl (C=O) groups excluding carboxylic acids is 1. The molecule has 0 saturated carbocycles. The van der Waals surface area contributed by atoms with Crippen LogP contribution < -0.4 is 10.6 Å². The predicted molar refractivity (Wildman–Crippen MR) is 85.7 cm³/mol. The quantitative estimate of drug-likeness (QED) is 0.856. The molecule has 1 aliphatic heterocycles. The van der Waals surface area contributed by atoms with Crippen LogP contribution in [0.25, 0.3) is 10.2 Å². The van der Waals surface area contributed by atoms with Gasteiger partial charge in [0.2, 0.25) is 5.91 Å². The number of piperidine rings is 1. The first-order valence-electron chi connectivity index (χ1n) is 6.75. The van der Waals surface area contributed by atoms with Gasteiger partial charge in [0.25, 0.3) is 0 Å². The van der Waals surface area contributed by atoms with Gasteiger partial charge in [-0.2, -0.15) is 0 Å². The van der Waals surface area contributed by atoms with Crippen LogP contribution >= 0.6 is 23.1 Å². The van der Waals surface area contributed by atoms with Crippen LogP contribution in [-0.4, -0.2) is 29.7 Å². The van der Waals surface area contributed by atoms with Crippen LogP contribution in [-0.2, 0) is 4.79 Å². The summed E-state index contributed by atoms with van der Waals surface area (Å²) in [7, 11) is 0. The summed E-state index contributed by atoms with van der Waals surface area (Å²) in [6, 6.07) is 5.85. The minimum absolute atomic E-state index is 0.0531. The molecular formula is C14H17N3OS2. The molecule has 1 fully saturated rings. The first-order chi connectivity index (χ1) is 9.76. The third-order valence-corrected chi connectivity index (χ3v) is 5.44. The van der Waals surface area contributed by atoms with Gasteiger partial charge in [-0.1, -0.05) is 18.2 Å². The van der Waals surface area contributed by atoms with Crippen molar-refractivity contribution < 1.29 is 4.79 Å². The Morgan fingerprint density at radius 3 is 3.15 bits per heavy atom. The fraction of sp³-hybridized carbons (Fsp3) is 0.429. The highest BCUT2D eigenvalue weighted by Gasteiger charge is 2.20. The van der Waals surface area contributed by atoms with Gasteiger partial charge in [0.05, 0.1) is 16.3 Å². The molecule has 20 heavy (non-hydrogen) atoms. The van der Waals surface area contributed by atoms with Gasteiger partial charge >= 0.3 is 0 Å². The normalized spacial score (nSPS) is 19.1. The smallest absolute Gasteiger partial charge is 0.241 e. The standard InChI is InChI=1S/C14H17N3OS2/c1-19-14-17-10-6-5-9(8-12(10)20-14)16-13(18)11-4-2-3-7-15-11/h5-6,8,11,15H,2-4,7H2,1H3,(H,16,18)/t11-/m0/s1. The number of thioether (sulfide) groups is 1. The van der Waals surface area contributed by atoms with Gasteiger partial charge in [0.15, 0.2) is 4.34 Å². The van der Waals surface area contributed by atoms with E-state index in [0.717, 1.165) is 46.1 Å². The Morgan fingerprint density at radius 2 is 2.40 bits per heavy atom. The van der Waals surface area contributed by atoms with Crippen LogP contribution in [0.1, 0.15) is 19.3 Å². The van der Waals surface area contributed by atoms with Crippen molar-refractivity contribution in [3.8, 4) is 0 Å². The summed E-state index contributed by atoms with van der Waals surface area (Å²) in [5, 5.41) is 6.27. The number of nitrogens with zero attached hydrogens (tertiary/aromatic N) is 1. The average Bonchev–Trinajstić information content (AvgIpc) is 2.90. The third kappa shape index (κ3) is 2.97. The van der Waals surface area contributed by atoms with Crippen LogP contribution in [0.4, 0.5) is 5.69 Å². The molecule has 2 aromatic rings. The molecule has 6 heteroatoms. The van der Waals surface area contributed by atoms with Crippen LogP contribution in [0, 0.1) is 0 Å². The molecule has 1 aromatic carbocycles. The van der Waals surface area contributed by atoms with Crippen molar-refractivity contribution in [2.45, 2.75) is 29.6 Å². The van der Waals surface area contributed by atoms with Crippen molar-refractivity contribution in [3.63, 3.8) is 0 Å². The Labute approximate surface area is 126 Å². The number of rotatable bonds is 3. The molecule has 1 aliphatic rings. The molecule has 0 unspecified atom stereocenters. The minimum Gasteiger partial charge on any atom is -0.325 e. The largest absolute Gasteiger partial charge is 0.325 e. The lowest BCUT2D eigenvalue weighted by molar-refractivity contribution is -0.118. The fourth-order valence-electron chi connectivity index (χ4n) is 2.37. The van der Waals surface area contributed by atoms with Gasteiger partial charge in [0.1, 0.15) is 0 Å². The second-order valence-corrected chi connectivity index (χ2v) is 6.94. The highest BCUT2D eigenvalue weighted by Crippen LogP contribution is 2.30. The van der Waals surface area contributed by atoms with Crippen molar-refractivity contribution in [1.29, 1.82) is 0 Å². The van der Waals surface area contributed by atoms with E-state index in [1.807, 2.05) is 24.5 Å². The summed E-state index contributed by atoms with van der Waals surface area (Å²) >= 11 is 3.31. The zero-order valence-corrected chi connectivity index (χ0v) is 12.9. The Morgan fingerprint density at radius 1 is 1.50 bits per heavy atom. The summed E-state index contributed by atoms with van der Waals surface area (Å²) in [4.78, 5) is 16.7. The Balaban J connectivity index is 1.74. The van der Waals surface area contributed by atoms with E-state index in [1.54, 1.807) is 23.1 Å². The lowest BCUT2D eigenvalue weighted by atomic mass is 10.0. The predicted octanol–water partition coefficient (Wildman–Crippen LogP) is 3.10. The van der Waals surface area contributed by atoms with E-state index < -0.39 is 0 Å². The van der Waals surface area contributed by atoms with E-state index in [9.17, 15) is 4.79 Å². The van der Waals surface area contributed by atoms with E-state index in [1.165, 1.54) is 0 Å². The number of fused-ring (bicyclic) bond motifs is 1. The number of amides is 1. The molecule has 1 saturated heterocycles. The SMILES string of the molecule is CSc1nc2ccc(NC(=O)[C@@H]3CCCCN3)cc2s1. The molecule has 1 aromatic heterocycles. The molecule has 2 N–H and O–H groups in total. The molecule has 0 spiro atoms. The second-order valence-electron chi connectivity index (χ2n) is 4.86. The van der Waals surface area contributed by atoms with Crippen molar-refractivity contribution in [3.05, 3.63) is 18.2 Å². The lowest BCUT2D eigenvalue weighted by Gasteiger charge is -2.22. The van der Waals surface area contributed by atoms with Gasteiger partial charge in [0, 0.05) is 5.69 Å². The second kappa shape index (κ2) is 6.11. The zero-order chi connectivity index (χ0) is 13.9. The molecule has 3 rings (SSSR count). The molecule has 4 nitrogen and oxygen atoms in total. The van der Waals surface area contributed by atoms with Gasteiger partial charge in [-0.25, -0.2) is 4.98 Å². The van der Waals surface area contributed by atoms with E-state index in [0.29, 0.717) is 0 Å². The highest BCUT2D eigenvalue weighted by atomic mass is 32.2. The number of nitrogens with one attached hydrogen (secondary N) is 2. The van der Waals surface area contributed by atoms with Gasteiger partial charge in [-0.15, -0.1) is 11.3 Å². The van der Waals surface area contributed by atoms with Crippen LogP contribution in [0.15, 0.2) is 22.5 Å². The average molecular weight is 307 g/mol. The molecule has 0 radical (unpaired) electrons. The number of anilines is 1. The number of aromatic nitrogens is 1. The van der Waals surface area contributed by atoms with Crippen LogP contribution in [0.5, 0.6) is 0 Å². The Kier molecular flexibility index (Phi) is 4.24. The van der Waals surface area contributed by atoms with Gasteiger partial charge in [-0.05, 0) is 43.8 Å². The summed E-state index contributed by atoms with van der Waals surface area (Å²) < 4.78 is 2.17. The van der Waals surface area contributed by atoms with Crippen molar-refractivity contribution in [2.75, 3.05) is 18.1 Å². The van der Waals surface area contributed by atoms with E-state index in [2.05, 4.69) is 15.6 Å². The number of carbonyl (C=O) groups is 1. The minimum atomic E-state index is -0.0531. The van der Waals surface area contributed by atoms with Crippen molar-refractivity contribution >= 4 is 44.9 Å². The molecule has 0 aliphatic carbocycles. The van der Waals surface area contributed by atoms with Crippen molar-refractivity contribution in [1.82, 2.24) is 10.3 Å². The van der Waals surface area contributed by atoms with E-state index in [4.69, 9.17) is 0 Å². The summed E-state index contributed by atoms with van der Waals surface area (Å²) in [6.45, 7) is 0.934. The molecule has 2 heterocycles. The van der Waals surface area contributed by atoms with Gasteiger partial charge < -0.3 is 10.6 Å². The first-order valence-corrected chi connectivity index (χ1v) is 8.79. The Hall–Kier alpha value is -1.11. The lowest BCUT2D eigenvalue weighted by Crippen LogP contribution is -2.43. The van der Waals surface area contributed by atoms with E-state index >= 15 is 0 Å². The summed E-state index contributed by atoms with van der Waals surface area (Å²) in [6.07, 6.45) is 5.23. The van der Waals surface area contributed by atoms with Crippen LogP contribution in [0.3, 0.4) is 0 Å². The number of hydrogen-bond acceptors (Lipinski definition) is 5. The maximum Gasteiger partial charge on any atom is 0.241 e. The fourth-order valence-corrected chi connectivity index (χ4v) is 3.90. The summed E-state index contributed by atoms with van der Waals surface area (Å²) in [5.74, 6) is 0.0682. The molecular weight excluding hydrogens is 290 g/mol. The van der Waals surface area contributed by atoms with E-state index in [-0.39, 0.29) is 11.9 Å². The topological polar surface area (TPSA) is 54.0 Å². The number of thiazole rings is 1. The maximum atomic E-state index is 12.2. The monoisotopic (exact) mass is 307 g/mol. The molecule has 1 atom stereocenters. The van der Waals surface area contributed by atoms with Crippen LogP contribution in [0.2, 0.25) is 0 Å². The molecule has 0 bridgehead atoms. The maximum absolute atomic E-state index is 12.2. The number of hydrogen-bond donors (Lipinski definition) is 2. The zero-order valence-electron chi connectivity index (χ0n) is 11.3. The van der Waals surface area contributed by atoms with Crippen molar-refractivity contribution in [2.24, 2.45) is 0 Å². The van der Waals surface area contributed by atoms with Gasteiger partial charge in [-0.3, -0.25) is 4.79 Å².